The number of nitrogens with zero attached hydrogens (tertiary/aromatic N) is 3. The van der Waals surface area contributed by atoms with Crippen molar-refractivity contribution in [1.82, 2.24) is 14.5 Å². The highest BCUT2D eigenvalue weighted by molar-refractivity contribution is 7.99. The first-order chi connectivity index (χ1) is 15.4. The number of aromatic nitrogens is 2. The first-order valence-corrected chi connectivity index (χ1v) is 11.0. The van der Waals surface area contributed by atoms with Crippen molar-refractivity contribution in [2.75, 3.05) is 19.4 Å². The van der Waals surface area contributed by atoms with E-state index in [0.717, 1.165) is 22.0 Å². The summed E-state index contributed by atoms with van der Waals surface area (Å²) < 4.78 is 37.0. The number of benzene rings is 2. The van der Waals surface area contributed by atoms with E-state index < -0.39 is 6.61 Å². The molecule has 0 aliphatic heterocycles. The van der Waals surface area contributed by atoms with Gasteiger partial charge in [0.05, 0.1) is 18.0 Å². The maximum absolute atomic E-state index is 12.7. The Kier molecular flexibility index (Phi) is 8.10. The SMILES string of the molecule is CCOc1cc(CN(C)C(=O)CSc2nccn2-c2ccccc2C)ccc1OC(F)F. The summed E-state index contributed by atoms with van der Waals surface area (Å²) in [4.78, 5) is 18.6. The highest BCUT2D eigenvalue weighted by Gasteiger charge is 2.16. The number of para-hydroxylation sites is 1. The molecule has 0 aliphatic carbocycles. The van der Waals surface area contributed by atoms with Crippen molar-refractivity contribution in [1.29, 1.82) is 0 Å². The second-order valence-electron chi connectivity index (χ2n) is 7.00. The van der Waals surface area contributed by atoms with E-state index in [-0.39, 0.29) is 23.2 Å². The molecule has 1 heterocycles. The quantitative estimate of drug-likeness (QED) is 0.401. The van der Waals surface area contributed by atoms with Crippen LogP contribution in [-0.4, -0.2) is 46.4 Å². The van der Waals surface area contributed by atoms with Crippen LogP contribution in [0.15, 0.2) is 60.0 Å². The van der Waals surface area contributed by atoms with E-state index in [0.29, 0.717) is 13.2 Å². The standard InChI is InChI=1S/C23H25F2N3O3S/c1-4-30-20-13-17(9-10-19(20)31-22(24)25)14-27(3)21(29)15-32-23-26-11-12-28(23)18-8-6-5-7-16(18)2/h5-13,22H,4,14-15H2,1-3H3. The molecule has 3 rings (SSSR count). The molecule has 0 bridgehead atoms. The van der Waals surface area contributed by atoms with Gasteiger partial charge in [-0.2, -0.15) is 8.78 Å². The van der Waals surface area contributed by atoms with Gasteiger partial charge in [0.25, 0.3) is 0 Å². The highest BCUT2D eigenvalue weighted by atomic mass is 32.2. The van der Waals surface area contributed by atoms with Crippen LogP contribution in [-0.2, 0) is 11.3 Å². The molecule has 0 N–H and O–H groups in total. The predicted octanol–water partition coefficient (Wildman–Crippen LogP) is 4.93. The van der Waals surface area contributed by atoms with Crippen LogP contribution >= 0.6 is 11.8 Å². The minimum absolute atomic E-state index is 0.0295. The lowest BCUT2D eigenvalue weighted by Crippen LogP contribution is -2.28. The number of aryl methyl sites for hydroxylation is 1. The molecule has 2 aromatic carbocycles. The Morgan fingerprint density at radius 3 is 2.72 bits per heavy atom. The van der Waals surface area contributed by atoms with Crippen LogP contribution in [0.2, 0.25) is 0 Å². The van der Waals surface area contributed by atoms with Gasteiger partial charge in [0, 0.05) is 26.0 Å². The van der Waals surface area contributed by atoms with Gasteiger partial charge in [-0.05, 0) is 43.2 Å². The number of alkyl halides is 2. The molecule has 1 aromatic heterocycles. The van der Waals surface area contributed by atoms with Crippen molar-refractivity contribution in [2.24, 2.45) is 0 Å². The third-order valence-corrected chi connectivity index (χ3v) is 5.63. The summed E-state index contributed by atoms with van der Waals surface area (Å²) in [5.41, 5.74) is 2.88. The summed E-state index contributed by atoms with van der Waals surface area (Å²) in [5, 5.41) is 0.730. The lowest BCUT2D eigenvalue weighted by molar-refractivity contribution is -0.127. The molecular weight excluding hydrogens is 436 g/mol. The number of imidazole rings is 1. The largest absolute Gasteiger partial charge is 0.490 e. The number of halogens is 2. The first kappa shape index (κ1) is 23.6. The summed E-state index contributed by atoms with van der Waals surface area (Å²) in [6.45, 7) is 1.46. The number of thioether (sulfide) groups is 1. The van der Waals surface area contributed by atoms with Gasteiger partial charge in [0.15, 0.2) is 16.7 Å². The summed E-state index contributed by atoms with van der Waals surface area (Å²) in [6, 6.07) is 12.7. The van der Waals surface area contributed by atoms with Gasteiger partial charge in [-0.3, -0.25) is 9.36 Å². The van der Waals surface area contributed by atoms with E-state index in [1.54, 1.807) is 37.2 Å². The number of rotatable bonds is 10. The summed E-state index contributed by atoms with van der Waals surface area (Å²) in [7, 11) is 1.70. The van der Waals surface area contributed by atoms with Gasteiger partial charge in [0.2, 0.25) is 5.91 Å². The number of carbonyl (C=O) groups is 1. The number of hydrogen-bond donors (Lipinski definition) is 0. The molecule has 0 spiro atoms. The van der Waals surface area contributed by atoms with Gasteiger partial charge in [-0.1, -0.05) is 36.0 Å². The van der Waals surface area contributed by atoms with E-state index in [1.807, 2.05) is 42.0 Å². The Balaban J connectivity index is 1.63. The number of hydrogen-bond acceptors (Lipinski definition) is 5. The zero-order valence-corrected chi connectivity index (χ0v) is 18.9. The molecule has 0 radical (unpaired) electrons. The van der Waals surface area contributed by atoms with E-state index in [1.165, 1.54) is 17.8 Å². The summed E-state index contributed by atoms with van der Waals surface area (Å²) >= 11 is 1.36. The van der Waals surface area contributed by atoms with Crippen LogP contribution in [0.3, 0.4) is 0 Å². The zero-order valence-electron chi connectivity index (χ0n) is 18.1. The third kappa shape index (κ3) is 6.00. The van der Waals surface area contributed by atoms with Crippen molar-refractivity contribution in [2.45, 2.75) is 32.2 Å². The molecule has 0 saturated carbocycles. The average molecular weight is 462 g/mol. The van der Waals surface area contributed by atoms with Crippen LogP contribution in [0.5, 0.6) is 11.5 Å². The monoisotopic (exact) mass is 461 g/mol. The van der Waals surface area contributed by atoms with Crippen molar-refractivity contribution in [3.05, 3.63) is 66.0 Å². The maximum atomic E-state index is 12.7. The molecule has 0 atom stereocenters. The van der Waals surface area contributed by atoms with E-state index in [4.69, 9.17) is 4.74 Å². The second kappa shape index (κ2) is 11.0. The Morgan fingerprint density at radius 2 is 2.00 bits per heavy atom. The predicted molar refractivity (Wildman–Crippen MR) is 120 cm³/mol. The molecule has 32 heavy (non-hydrogen) atoms. The number of amides is 1. The van der Waals surface area contributed by atoms with Crippen LogP contribution in [0.1, 0.15) is 18.1 Å². The molecule has 0 fully saturated rings. The minimum atomic E-state index is -2.94. The average Bonchev–Trinajstić information content (AvgIpc) is 3.22. The minimum Gasteiger partial charge on any atom is -0.490 e. The Bertz CT molecular complexity index is 1060. The number of ether oxygens (including phenoxy) is 2. The molecular formula is C23H25F2N3O3S. The molecule has 0 saturated heterocycles. The topological polar surface area (TPSA) is 56.6 Å². The maximum Gasteiger partial charge on any atom is 0.387 e. The molecule has 0 unspecified atom stereocenters. The Hall–Kier alpha value is -3.07. The second-order valence-corrected chi connectivity index (χ2v) is 7.94. The van der Waals surface area contributed by atoms with Crippen LogP contribution in [0.25, 0.3) is 5.69 Å². The fraction of sp³-hybridized carbons (Fsp3) is 0.304. The fourth-order valence-electron chi connectivity index (χ4n) is 3.12. The normalized spacial score (nSPS) is 10.9. The van der Waals surface area contributed by atoms with Gasteiger partial charge in [-0.25, -0.2) is 4.98 Å². The lowest BCUT2D eigenvalue weighted by Gasteiger charge is -2.19. The lowest BCUT2D eigenvalue weighted by atomic mass is 10.2. The Morgan fingerprint density at radius 1 is 1.22 bits per heavy atom. The van der Waals surface area contributed by atoms with Crippen LogP contribution < -0.4 is 9.47 Å². The smallest absolute Gasteiger partial charge is 0.387 e. The molecule has 170 valence electrons. The van der Waals surface area contributed by atoms with E-state index in [2.05, 4.69) is 9.72 Å². The molecule has 0 aliphatic rings. The number of carbonyl (C=O) groups excluding carboxylic acids is 1. The van der Waals surface area contributed by atoms with Gasteiger partial charge >= 0.3 is 6.61 Å². The van der Waals surface area contributed by atoms with Gasteiger partial charge < -0.3 is 14.4 Å². The third-order valence-electron chi connectivity index (χ3n) is 4.68. The first-order valence-electron chi connectivity index (χ1n) is 10.1. The highest BCUT2D eigenvalue weighted by Crippen LogP contribution is 2.30. The van der Waals surface area contributed by atoms with Gasteiger partial charge in [-0.15, -0.1) is 0 Å². The molecule has 9 heteroatoms. The van der Waals surface area contributed by atoms with Gasteiger partial charge in [0.1, 0.15) is 0 Å². The van der Waals surface area contributed by atoms with Crippen molar-refractivity contribution in [3.8, 4) is 17.2 Å². The van der Waals surface area contributed by atoms with Crippen LogP contribution in [0.4, 0.5) is 8.78 Å². The fourth-order valence-corrected chi connectivity index (χ4v) is 4.03. The van der Waals surface area contributed by atoms with Crippen LogP contribution in [0, 0.1) is 6.92 Å². The van der Waals surface area contributed by atoms with Crippen molar-refractivity contribution < 1.29 is 23.0 Å². The summed E-state index contributed by atoms with van der Waals surface area (Å²) in [5.74, 6) is 0.323. The van der Waals surface area contributed by atoms with Crippen molar-refractivity contribution >= 4 is 17.7 Å². The molecule has 6 nitrogen and oxygen atoms in total. The van der Waals surface area contributed by atoms with E-state index in [9.17, 15) is 13.6 Å². The van der Waals surface area contributed by atoms with E-state index >= 15 is 0 Å². The van der Waals surface area contributed by atoms with Crippen molar-refractivity contribution in [3.63, 3.8) is 0 Å². The molecule has 1 amide bonds. The Labute approximate surface area is 190 Å². The molecule has 3 aromatic rings. The zero-order chi connectivity index (χ0) is 23.1. The summed E-state index contributed by atoms with van der Waals surface area (Å²) in [6.07, 6.45) is 3.58.